The topological polar surface area (TPSA) is 44.8 Å². The van der Waals surface area contributed by atoms with Crippen LogP contribution in [0.2, 0.25) is 0 Å². The van der Waals surface area contributed by atoms with Crippen LogP contribution in [0.25, 0.3) is 0 Å². The van der Waals surface area contributed by atoms with E-state index in [4.69, 9.17) is 4.74 Å². The van der Waals surface area contributed by atoms with Crippen LogP contribution in [-0.2, 0) is 0 Å². The lowest BCUT2D eigenvalue weighted by molar-refractivity contribution is 0.0947. The molecule has 1 aliphatic rings. The third-order valence-electron chi connectivity index (χ3n) is 5.14. The van der Waals surface area contributed by atoms with E-state index in [0.29, 0.717) is 6.54 Å². The van der Waals surface area contributed by atoms with Crippen LogP contribution in [0.1, 0.15) is 21.5 Å². The maximum Gasteiger partial charge on any atom is 0.251 e. The highest BCUT2D eigenvalue weighted by molar-refractivity contribution is 5.95. The molecule has 0 saturated carbocycles. The van der Waals surface area contributed by atoms with E-state index < -0.39 is 0 Å². The molecule has 2 aromatic rings. The molecule has 27 heavy (non-hydrogen) atoms. The number of amides is 1. The molecule has 1 heterocycles. The molecule has 0 bridgehead atoms. The van der Waals surface area contributed by atoms with Crippen molar-refractivity contribution in [1.82, 2.24) is 10.2 Å². The largest absolute Gasteiger partial charge is 0.495 e. The van der Waals surface area contributed by atoms with E-state index in [1.54, 1.807) is 7.11 Å². The monoisotopic (exact) mass is 367 g/mol. The molecular weight excluding hydrogens is 338 g/mol. The molecule has 0 unspecified atom stereocenters. The first kappa shape index (κ1) is 19.2. The van der Waals surface area contributed by atoms with Gasteiger partial charge in [-0.1, -0.05) is 29.8 Å². The van der Waals surface area contributed by atoms with Crippen molar-refractivity contribution in [2.75, 3.05) is 51.3 Å². The van der Waals surface area contributed by atoms with Gasteiger partial charge in [-0.25, -0.2) is 0 Å². The number of rotatable bonds is 6. The second-order valence-corrected chi connectivity index (χ2v) is 7.07. The van der Waals surface area contributed by atoms with E-state index in [2.05, 4.69) is 21.2 Å². The molecule has 5 heteroatoms. The van der Waals surface area contributed by atoms with E-state index in [-0.39, 0.29) is 5.91 Å². The third-order valence-corrected chi connectivity index (χ3v) is 5.14. The molecule has 1 saturated heterocycles. The fraction of sp³-hybridized carbons (Fsp3) is 0.409. The predicted octanol–water partition coefficient (Wildman–Crippen LogP) is 2.86. The Balaban J connectivity index is 1.45. The number of methoxy groups -OCH3 is 1. The van der Waals surface area contributed by atoms with Gasteiger partial charge >= 0.3 is 0 Å². The van der Waals surface area contributed by atoms with Crippen LogP contribution in [0.3, 0.4) is 0 Å². The maximum absolute atomic E-state index is 12.4. The van der Waals surface area contributed by atoms with Gasteiger partial charge in [0.05, 0.1) is 12.8 Å². The molecule has 0 spiro atoms. The Morgan fingerprint density at radius 2 is 1.81 bits per heavy atom. The number of aryl methyl sites for hydroxylation is 2. The zero-order valence-corrected chi connectivity index (χ0v) is 16.5. The summed E-state index contributed by atoms with van der Waals surface area (Å²) in [5.74, 6) is 0.937. The summed E-state index contributed by atoms with van der Waals surface area (Å²) >= 11 is 0. The number of nitrogens with zero attached hydrogens (tertiary/aromatic N) is 2. The van der Waals surface area contributed by atoms with Crippen LogP contribution in [0, 0.1) is 13.8 Å². The summed E-state index contributed by atoms with van der Waals surface area (Å²) in [5, 5.41) is 3.05. The first-order valence-electron chi connectivity index (χ1n) is 9.54. The van der Waals surface area contributed by atoms with Crippen molar-refractivity contribution >= 4 is 11.6 Å². The third kappa shape index (κ3) is 4.80. The molecule has 1 fully saturated rings. The highest BCUT2D eigenvalue weighted by atomic mass is 16.5. The molecule has 0 radical (unpaired) electrons. The number of hydrogen-bond donors (Lipinski definition) is 1. The molecule has 3 rings (SSSR count). The normalized spacial score (nSPS) is 14.9. The van der Waals surface area contributed by atoms with Gasteiger partial charge in [0.2, 0.25) is 0 Å². The van der Waals surface area contributed by atoms with Gasteiger partial charge in [0.1, 0.15) is 5.75 Å². The Labute approximate surface area is 161 Å². The van der Waals surface area contributed by atoms with E-state index in [1.807, 2.05) is 50.2 Å². The fourth-order valence-corrected chi connectivity index (χ4v) is 3.59. The Bertz CT molecular complexity index is 783. The number of benzene rings is 2. The quantitative estimate of drug-likeness (QED) is 0.853. The van der Waals surface area contributed by atoms with Crippen molar-refractivity contribution in [1.29, 1.82) is 0 Å². The smallest absolute Gasteiger partial charge is 0.251 e. The van der Waals surface area contributed by atoms with E-state index in [9.17, 15) is 4.79 Å². The summed E-state index contributed by atoms with van der Waals surface area (Å²) in [4.78, 5) is 17.1. The highest BCUT2D eigenvalue weighted by Crippen LogP contribution is 2.28. The Morgan fingerprint density at radius 3 is 2.52 bits per heavy atom. The summed E-state index contributed by atoms with van der Waals surface area (Å²) in [6, 6.07) is 14.1. The molecular formula is C22H29N3O2. The molecule has 0 aromatic heterocycles. The van der Waals surface area contributed by atoms with Crippen LogP contribution in [-0.4, -0.2) is 57.2 Å². The van der Waals surface area contributed by atoms with Gasteiger partial charge in [-0.2, -0.15) is 0 Å². The number of nitrogens with one attached hydrogen (secondary N) is 1. The number of carbonyl (C=O) groups excluding carboxylic acids is 1. The lowest BCUT2D eigenvalue weighted by Gasteiger charge is -2.36. The van der Waals surface area contributed by atoms with Gasteiger partial charge in [0, 0.05) is 44.8 Å². The minimum atomic E-state index is 0.0140. The first-order chi connectivity index (χ1) is 13.1. The lowest BCUT2D eigenvalue weighted by Crippen LogP contribution is -2.48. The van der Waals surface area contributed by atoms with Crippen LogP contribution in [0.5, 0.6) is 5.75 Å². The van der Waals surface area contributed by atoms with Crippen molar-refractivity contribution in [2.45, 2.75) is 13.8 Å². The second-order valence-electron chi connectivity index (χ2n) is 7.07. The fourth-order valence-electron chi connectivity index (χ4n) is 3.59. The van der Waals surface area contributed by atoms with Crippen LogP contribution in [0.15, 0.2) is 42.5 Å². The van der Waals surface area contributed by atoms with E-state index >= 15 is 0 Å². The average Bonchev–Trinajstić information content (AvgIpc) is 2.68. The number of hydrogen-bond acceptors (Lipinski definition) is 4. The minimum Gasteiger partial charge on any atom is -0.495 e. The molecule has 2 aromatic carbocycles. The molecule has 0 aliphatic carbocycles. The van der Waals surface area contributed by atoms with Crippen molar-refractivity contribution < 1.29 is 9.53 Å². The molecule has 144 valence electrons. The van der Waals surface area contributed by atoms with Gasteiger partial charge in [-0.15, -0.1) is 0 Å². The summed E-state index contributed by atoms with van der Waals surface area (Å²) in [5.41, 5.74) is 4.12. The molecule has 0 atom stereocenters. The number of ether oxygens (including phenoxy) is 1. The average molecular weight is 367 g/mol. The zero-order chi connectivity index (χ0) is 19.2. The van der Waals surface area contributed by atoms with Crippen molar-refractivity contribution in [2.24, 2.45) is 0 Å². The van der Waals surface area contributed by atoms with Crippen LogP contribution >= 0.6 is 0 Å². The molecule has 1 amide bonds. The van der Waals surface area contributed by atoms with Gasteiger partial charge in [0.25, 0.3) is 5.91 Å². The van der Waals surface area contributed by atoms with Crippen molar-refractivity contribution in [3.05, 3.63) is 59.2 Å². The Hall–Kier alpha value is -2.53. The van der Waals surface area contributed by atoms with Gasteiger partial charge in [-0.05, 0) is 37.6 Å². The summed E-state index contributed by atoms with van der Waals surface area (Å²) in [7, 11) is 1.72. The summed E-state index contributed by atoms with van der Waals surface area (Å²) in [6.45, 7) is 9.46. The number of anilines is 1. The number of carbonyl (C=O) groups is 1. The zero-order valence-electron chi connectivity index (χ0n) is 16.5. The standard InChI is InChI=1S/C22H29N3O2/c1-17-8-9-19(18(2)16-17)22(26)23-10-11-24-12-14-25(15-13-24)20-6-4-5-7-21(20)27-3/h4-9,16H,10-15H2,1-3H3,(H,23,26). The molecule has 1 N–H and O–H groups in total. The Morgan fingerprint density at radius 1 is 1.07 bits per heavy atom. The SMILES string of the molecule is COc1ccccc1N1CCN(CCNC(=O)c2ccc(C)cc2C)CC1. The molecule has 5 nitrogen and oxygen atoms in total. The number of piperazine rings is 1. The predicted molar refractivity (Wildman–Crippen MR) is 110 cm³/mol. The highest BCUT2D eigenvalue weighted by Gasteiger charge is 2.19. The van der Waals surface area contributed by atoms with Crippen LogP contribution in [0.4, 0.5) is 5.69 Å². The number of para-hydroxylation sites is 2. The second kappa shape index (κ2) is 8.91. The van der Waals surface area contributed by atoms with E-state index in [0.717, 1.165) is 55.3 Å². The van der Waals surface area contributed by atoms with Crippen molar-refractivity contribution in [3.63, 3.8) is 0 Å². The van der Waals surface area contributed by atoms with Gasteiger partial charge in [-0.3, -0.25) is 9.69 Å². The maximum atomic E-state index is 12.4. The molecule has 1 aliphatic heterocycles. The van der Waals surface area contributed by atoms with Gasteiger partial charge in [0.15, 0.2) is 0 Å². The first-order valence-corrected chi connectivity index (χ1v) is 9.54. The van der Waals surface area contributed by atoms with Crippen molar-refractivity contribution in [3.8, 4) is 5.75 Å². The minimum absolute atomic E-state index is 0.0140. The summed E-state index contributed by atoms with van der Waals surface area (Å²) in [6.07, 6.45) is 0. The lowest BCUT2D eigenvalue weighted by atomic mass is 10.1. The van der Waals surface area contributed by atoms with E-state index in [1.165, 1.54) is 5.56 Å². The Kier molecular flexibility index (Phi) is 6.35. The van der Waals surface area contributed by atoms with Gasteiger partial charge < -0.3 is 15.0 Å². The summed E-state index contributed by atoms with van der Waals surface area (Å²) < 4.78 is 5.47. The van der Waals surface area contributed by atoms with Crippen LogP contribution < -0.4 is 15.0 Å².